The summed E-state index contributed by atoms with van der Waals surface area (Å²) in [4.78, 5) is 0. The summed E-state index contributed by atoms with van der Waals surface area (Å²) in [5.74, 6) is 0. The van der Waals surface area contributed by atoms with Crippen LogP contribution in [0.1, 0.15) is 22.3 Å². The molecule has 0 radical (unpaired) electrons. The van der Waals surface area contributed by atoms with Gasteiger partial charge in [0.05, 0.1) is 0 Å². The van der Waals surface area contributed by atoms with E-state index in [1.807, 2.05) is 127 Å². The van der Waals surface area contributed by atoms with Crippen LogP contribution in [0.15, 0.2) is 223 Å². The first-order chi connectivity index (χ1) is 24.3. The molecular formula is C44H35BiN2O2. The van der Waals surface area contributed by atoms with E-state index < -0.39 is 19.7 Å². The van der Waals surface area contributed by atoms with Crippen LogP contribution in [-0.2, 0) is 5.83 Å². The number of nitrogens with zero attached hydrogens (tertiary/aromatic N) is 2. The van der Waals surface area contributed by atoms with E-state index in [-0.39, 0.29) is 0 Å². The van der Waals surface area contributed by atoms with Gasteiger partial charge in [-0.25, -0.2) is 0 Å². The van der Waals surface area contributed by atoms with Gasteiger partial charge in [-0.05, 0) is 0 Å². The van der Waals surface area contributed by atoms with Crippen LogP contribution in [0.2, 0.25) is 0 Å². The molecule has 0 saturated carbocycles. The van der Waals surface area contributed by atoms with Crippen molar-refractivity contribution in [2.24, 2.45) is 10.3 Å². The molecule has 0 heterocycles. The molecule has 0 fully saturated rings. The molecule has 0 aliphatic heterocycles. The maximum atomic E-state index is 7.44. The minimum atomic E-state index is -6.00. The summed E-state index contributed by atoms with van der Waals surface area (Å²) >= 11 is -6.00. The van der Waals surface area contributed by atoms with Gasteiger partial charge >= 0.3 is 292 Å². The molecule has 0 N–H and O–H groups in total. The Morgan fingerprint density at radius 2 is 0.490 bits per heavy atom. The van der Waals surface area contributed by atoms with Gasteiger partial charge in [-0.15, -0.1) is 0 Å². The number of hydrogen-bond acceptors (Lipinski definition) is 4. The number of oxime groups is 2. The molecule has 0 atom stereocenters. The second-order valence-electron chi connectivity index (χ2n) is 11.5. The van der Waals surface area contributed by atoms with E-state index in [0.717, 1.165) is 32.1 Å². The average Bonchev–Trinajstić information content (AvgIpc) is 3.20. The van der Waals surface area contributed by atoms with Gasteiger partial charge in [0.2, 0.25) is 0 Å². The molecular weight excluding hydrogens is 797 g/mol. The van der Waals surface area contributed by atoms with E-state index in [9.17, 15) is 0 Å². The molecule has 7 aromatic carbocycles. The van der Waals surface area contributed by atoms with Crippen LogP contribution in [0, 0.1) is 0 Å². The zero-order chi connectivity index (χ0) is 33.2. The molecule has 0 saturated heterocycles. The van der Waals surface area contributed by atoms with Crippen molar-refractivity contribution in [3.63, 3.8) is 0 Å². The molecule has 4 nitrogen and oxygen atoms in total. The number of benzene rings is 7. The Labute approximate surface area is 290 Å². The zero-order valence-corrected chi connectivity index (χ0v) is 30.3. The molecule has 238 valence electrons. The van der Waals surface area contributed by atoms with E-state index in [2.05, 4.69) is 84.9 Å². The number of rotatable bonds is 11. The first-order valence-corrected chi connectivity index (χ1v) is 24.3. The predicted molar refractivity (Wildman–Crippen MR) is 203 cm³/mol. The van der Waals surface area contributed by atoms with E-state index in [1.165, 1.54) is 0 Å². The molecule has 0 aliphatic rings. The van der Waals surface area contributed by atoms with Crippen molar-refractivity contribution in [3.8, 4) is 0 Å². The summed E-state index contributed by atoms with van der Waals surface area (Å²) in [6.45, 7) is 0. The second-order valence-corrected chi connectivity index (χ2v) is 26.2. The van der Waals surface area contributed by atoms with E-state index in [4.69, 9.17) is 16.1 Å². The quantitative estimate of drug-likeness (QED) is 0.0753. The van der Waals surface area contributed by atoms with Gasteiger partial charge in [-0.1, -0.05) is 0 Å². The molecule has 5 heteroatoms. The Morgan fingerprint density at radius 1 is 0.286 bits per heavy atom. The normalized spacial score (nSPS) is 11.7. The fourth-order valence-electron chi connectivity index (χ4n) is 6.01. The van der Waals surface area contributed by atoms with Crippen LogP contribution >= 0.6 is 0 Å². The first kappa shape index (κ1) is 31.9. The summed E-state index contributed by atoms with van der Waals surface area (Å²) < 4.78 is 17.6. The van der Waals surface area contributed by atoms with Gasteiger partial charge in [-0.3, -0.25) is 0 Å². The molecule has 7 rings (SSSR count). The van der Waals surface area contributed by atoms with E-state index in [0.29, 0.717) is 11.4 Å². The van der Waals surface area contributed by atoms with Crippen LogP contribution in [-0.4, -0.2) is 31.1 Å². The van der Waals surface area contributed by atoms with Crippen molar-refractivity contribution in [1.29, 1.82) is 0 Å². The molecule has 0 unspecified atom stereocenters. The molecule has 0 aliphatic carbocycles. The van der Waals surface area contributed by atoms with Crippen LogP contribution in [0.4, 0.5) is 0 Å². The van der Waals surface area contributed by atoms with Crippen LogP contribution in [0.25, 0.3) is 0 Å². The van der Waals surface area contributed by atoms with Gasteiger partial charge in [0.15, 0.2) is 0 Å². The summed E-state index contributed by atoms with van der Waals surface area (Å²) in [6.07, 6.45) is 0. The Morgan fingerprint density at radius 3 is 0.714 bits per heavy atom. The van der Waals surface area contributed by atoms with Crippen molar-refractivity contribution in [3.05, 3.63) is 235 Å². The summed E-state index contributed by atoms with van der Waals surface area (Å²) in [5.41, 5.74) is 5.11. The molecule has 7 aromatic rings. The monoisotopic (exact) mass is 832 g/mol. The van der Waals surface area contributed by atoms with Gasteiger partial charge in [-0.2, -0.15) is 0 Å². The molecule has 0 spiro atoms. The second kappa shape index (κ2) is 14.6. The van der Waals surface area contributed by atoms with Crippen LogP contribution < -0.4 is 9.81 Å². The van der Waals surface area contributed by atoms with Gasteiger partial charge in [0.1, 0.15) is 0 Å². The summed E-state index contributed by atoms with van der Waals surface area (Å²) in [7, 11) is 0. The third-order valence-corrected chi connectivity index (χ3v) is 25.9. The van der Waals surface area contributed by atoms with Gasteiger partial charge in [0.25, 0.3) is 0 Å². The average molecular weight is 833 g/mol. The fraction of sp³-hybridized carbons (Fsp3) is 0. The SMILES string of the molecule is c1ccc(C(=N[O][Bi]([O]N=C(c2ccccc2)c2ccccc2)([c]2ccccc2)([c]2ccccc2)[c]2ccccc2)c2ccccc2)cc1. The van der Waals surface area contributed by atoms with Crippen molar-refractivity contribution in [2.45, 2.75) is 0 Å². The van der Waals surface area contributed by atoms with Crippen molar-refractivity contribution >= 4 is 40.9 Å². The standard InChI is InChI=1S/2C13H11NO.3C6H5.Bi/c2*15-14-13(11-7-3-1-4-8-11)12-9-5-2-6-10-12;3*1-2-4-6-5-3-1;/h2*1-10,15H;3*1-5H;/q;;;;;+2/p-2. The molecule has 0 bridgehead atoms. The Hall–Kier alpha value is -5.64. The predicted octanol–water partition coefficient (Wildman–Crippen LogP) is 8.04. The third kappa shape index (κ3) is 6.34. The van der Waals surface area contributed by atoms with E-state index >= 15 is 0 Å². The van der Waals surface area contributed by atoms with Gasteiger partial charge in [0, 0.05) is 0 Å². The maximum absolute atomic E-state index is 7.44. The third-order valence-electron chi connectivity index (χ3n) is 8.44. The van der Waals surface area contributed by atoms with Crippen molar-refractivity contribution in [2.75, 3.05) is 0 Å². The van der Waals surface area contributed by atoms with Crippen LogP contribution in [0.5, 0.6) is 0 Å². The first-order valence-electron chi connectivity index (χ1n) is 16.2. The Balaban J connectivity index is 1.58. The summed E-state index contributed by atoms with van der Waals surface area (Å²) in [6, 6.07) is 71.3. The summed E-state index contributed by atoms with van der Waals surface area (Å²) in [5, 5.41) is 10.4. The van der Waals surface area contributed by atoms with Crippen molar-refractivity contribution in [1.82, 2.24) is 0 Å². The minimum absolute atomic E-state index is 0.699. The van der Waals surface area contributed by atoms with Crippen molar-refractivity contribution < 1.29 is 5.83 Å². The fourth-order valence-corrected chi connectivity index (χ4v) is 22.0. The Bertz CT molecular complexity index is 1860. The molecule has 0 aromatic heterocycles. The molecule has 49 heavy (non-hydrogen) atoms. The topological polar surface area (TPSA) is 43.2 Å². The van der Waals surface area contributed by atoms with E-state index in [1.54, 1.807) is 0 Å². The molecule has 0 amide bonds. The number of hydrogen-bond donors (Lipinski definition) is 0. The van der Waals surface area contributed by atoms with Gasteiger partial charge < -0.3 is 0 Å². The Kier molecular flexibility index (Phi) is 9.54. The zero-order valence-electron chi connectivity index (χ0n) is 26.9. The van der Waals surface area contributed by atoms with Crippen LogP contribution in [0.3, 0.4) is 0 Å².